The number of alkyl halides is 1. The molecule has 1 aromatic carbocycles. The van der Waals surface area contributed by atoms with E-state index in [9.17, 15) is 8.42 Å². The molecule has 0 unspecified atom stereocenters. The molecule has 0 N–H and O–H groups in total. The molecule has 0 aliphatic heterocycles. The minimum atomic E-state index is -3.27. The quantitative estimate of drug-likeness (QED) is 0.819. The standard InChI is InChI=1S/C13H15ClN2O2S/c1-19(17,18)11-7-3-6-10-13(11)15-12(8-14)16(10)9-4-2-5-9/h3,6-7,9H,2,4-5,8H2,1H3. The summed E-state index contributed by atoms with van der Waals surface area (Å²) in [6.45, 7) is 0. The van der Waals surface area contributed by atoms with Crippen LogP contribution in [0.2, 0.25) is 0 Å². The minimum absolute atomic E-state index is 0.287. The Balaban J connectivity index is 2.32. The van der Waals surface area contributed by atoms with Crippen molar-refractivity contribution in [3.05, 3.63) is 24.0 Å². The molecule has 19 heavy (non-hydrogen) atoms. The fourth-order valence-electron chi connectivity index (χ4n) is 2.59. The summed E-state index contributed by atoms with van der Waals surface area (Å²) in [6.07, 6.45) is 4.64. The summed E-state index contributed by atoms with van der Waals surface area (Å²) in [5.41, 5.74) is 1.43. The highest BCUT2D eigenvalue weighted by Gasteiger charge is 2.26. The number of hydrogen-bond donors (Lipinski definition) is 0. The number of hydrogen-bond acceptors (Lipinski definition) is 3. The molecule has 0 saturated heterocycles. The lowest BCUT2D eigenvalue weighted by Crippen LogP contribution is -2.18. The number of para-hydroxylation sites is 1. The molecular weight excluding hydrogens is 284 g/mol. The van der Waals surface area contributed by atoms with Gasteiger partial charge in [0.15, 0.2) is 9.84 Å². The zero-order valence-corrected chi connectivity index (χ0v) is 12.2. The molecule has 0 amide bonds. The molecule has 6 heteroatoms. The molecule has 4 nitrogen and oxygen atoms in total. The van der Waals surface area contributed by atoms with Crippen molar-refractivity contribution >= 4 is 32.5 Å². The van der Waals surface area contributed by atoms with Crippen LogP contribution >= 0.6 is 11.6 Å². The van der Waals surface area contributed by atoms with Gasteiger partial charge in [0.25, 0.3) is 0 Å². The van der Waals surface area contributed by atoms with Crippen LogP contribution in [0.4, 0.5) is 0 Å². The lowest BCUT2D eigenvalue weighted by Gasteiger charge is -2.28. The van der Waals surface area contributed by atoms with E-state index in [1.165, 1.54) is 12.7 Å². The van der Waals surface area contributed by atoms with Gasteiger partial charge in [-0.3, -0.25) is 0 Å². The number of fused-ring (bicyclic) bond motifs is 1. The molecule has 1 heterocycles. The Kier molecular flexibility index (Phi) is 3.06. The Morgan fingerprint density at radius 3 is 2.68 bits per heavy atom. The van der Waals surface area contributed by atoms with Crippen molar-refractivity contribution in [2.75, 3.05) is 6.26 Å². The van der Waals surface area contributed by atoms with Gasteiger partial charge in [-0.1, -0.05) is 6.07 Å². The molecule has 102 valence electrons. The first-order valence-electron chi connectivity index (χ1n) is 6.28. The maximum absolute atomic E-state index is 11.8. The third-order valence-corrected chi connectivity index (χ3v) is 5.08. The summed E-state index contributed by atoms with van der Waals surface area (Å²) in [4.78, 5) is 4.74. The Labute approximate surface area is 117 Å². The Morgan fingerprint density at radius 2 is 2.16 bits per heavy atom. The Hall–Kier alpha value is -1.07. The zero-order valence-electron chi connectivity index (χ0n) is 10.6. The lowest BCUT2D eigenvalue weighted by atomic mass is 9.92. The molecule has 0 spiro atoms. The first kappa shape index (κ1) is 12.9. The van der Waals surface area contributed by atoms with Crippen molar-refractivity contribution in [2.45, 2.75) is 36.1 Å². The highest BCUT2D eigenvalue weighted by molar-refractivity contribution is 7.91. The third kappa shape index (κ3) is 2.05. The number of rotatable bonds is 3. The maximum Gasteiger partial charge on any atom is 0.177 e. The number of nitrogens with zero attached hydrogens (tertiary/aromatic N) is 2. The molecule has 0 radical (unpaired) electrons. The van der Waals surface area contributed by atoms with Crippen LogP contribution in [-0.2, 0) is 15.7 Å². The van der Waals surface area contributed by atoms with Gasteiger partial charge in [0.05, 0.1) is 16.3 Å². The van der Waals surface area contributed by atoms with E-state index >= 15 is 0 Å². The second-order valence-electron chi connectivity index (χ2n) is 5.01. The van der Waals surface area contributed by atoms with Crippen LogP contribution in [0.1, 0.15) is 31.1 Å². The van der Waals surface area contributed by atoms with Crippen LogP contribution in [0.5, 0.6) is 0 Å². The predicted molar refractivity (Wildman–Crippen MR) is 75.3 cm³/mol. The molecule has 1 fully saturated rings. The number of halogens is 1. The van der Waals surface area contributed by atoms with Crippen LogP contribution in [-0.4, -0.2) is 24.2 Å². The van der Waals surface area contributed by atoms with Gasteiger partial charge in [0.2, 0.25) is 0 Å². The third-order valence-electron chi connectivity index (χ3n) is 3.72. The summed E-state index contributed by atoms with van der Waals surface area (Å²) in [5.74, 6) is 1.06. The van der Waals surface area contributed by atoms with E-state index in [2.05, 4.69) is 9.55 Å². The molecule has 3 rings (SSSR count). The molecule has 1 saturated carbocycles. The fraction of sp³-hybridized carbons (Fsp3) is 0.462. The summed E-state index contributed by atoms with van der Waals surface area (Å²) < 4.78 is 25.8. The lowest BCUT2D eigenvalue weighted by molar-refractivity contribution is 0.315. The van der Waals surface area contributed by atoms with Gasteiger partial charge in [0.1, 0.15) is 11.3 Å². The van der Waals surface area contributed by atoms with Crippen molar-refractivity contribution < 1.29 is 8.42 Å². The number of benzene rings is 1. The van der Waals surface area contributed by atoms with E-state index in [1.807, 2.05) is 6.07 Å². The van der Waals surface area contributed by atoms with Crippen LogP contribution in [0.3, 0.4) is 0 Å². The van der Waals surface area contributed by atoms with Gasteiger partial charge in [-0.25, -0.2) is 13.4 Å². The maximum atomic E-state index is 11.8. The average molecular weight is 299 g/mol. The van der Waals surface area contributed by atoms with Gasteiger partial charge in [-0.05, 0) is 31.4 Å². The topological polar surface area (TPSA) is 52.0 Å². The van der Waals surface area contributed by atoms with Crippen LogP contribution in [0.15, 0.2) is 23.1 Å². The molecule has 1 aliphatic carbocycles. The normalized spacial score (nSPS) is 16.7. The number of sulfone groups is 1. The molecular formula is C13H15ClN2O2S. The monoisotopic (exact) mass is 298 g/mol. The van der Waals surface area contributed by atoms with Crippen molar-refractivity contribution in [1.82, 2.24) is 9.55 Å². The molecule has 1 aromatic heterocycles. The van der Waals surface area contributed by atoms with Crippen molar-refractivity contribution in [2.24, 2.45) is 0 Å². The minimum Gasteiger partial charge on any atom is -0.324 e. The second kappa shape index (κ2) is 4.49. The molecule has 2 aromatic rings. The zero-order chi connectivity index (χ0) is 13.6. The van der Waals surface area contributed by atoms with Crippen molar-refractivity contribution in [3.8, 4) is 0 Å². The second-order valence-corrected chi connectivity index (χ2v) is 7.26. The van der Waals surface area contributed by atoms with Gasteiger partial charge < -0.3 is 4.57 Å². The van der Waals surface area contributed by atoms with E-state index < -0.39 is 9.84 Å². The van der Waals surface area contributed by atoms with Crippen LogP contribution in [0, 0.1) is 0 Å². The predicted octanol–water partition coefficient (Wildman–Crippen LogP) is 2.90. The SMILES string of the molecule is CS(=O)(=O)c1cccc2c1nc(CCl)n2C1CCC1. The van der Waals surface area contributed by atoms with E-state index in [0.717, 1.165) is 24.2 Å². The van der Waals surface area contributed by atoms with E-state index in [1.54, 1.807) is 12.1 Å². The highest BCUT2D eigenvalue weighted by atomic mass is 35.5. The molecule has 0 bridgehead atoms. The van der Waals surface area contributed by atoms with Crippen molar-refractivity contribution in [3.63, 3.8) is 0 Å². The smallest absolute Gasteiger partial charge is 0.177 e. The number of imidazole rings is 1. The van der Waals surface area contributed by atoms with Gasteiger partial charge in [0, 0.05) is 12.3 Å². The largest absolute Gasteiger partial charge is 0.324 e. The summed E-state index contributed by atoms with van der Waals surface area (Å²) in [7, 11) is -3.27. The first-order valence-corrected chi connectivity index (χ1v) is 8.71. The Morgan fingerprint density at radius 1 is 1.42 bits per heavy atom. The van der Waals surface area contributed by atoms with Crippen molar-refractivity contribution in [1.29, 1.82) is 0 Å². The average Bonchev–Trinajstić information content (AvgIpc) is 2.64. The van der Waals surface area contributed by atoms with Gasteiger partial charge >= 0.3 is 0 Å². The Bertz CT molecular complexity index is 732. The summed E-state index contributed by atoms with van der Waals surface area (Å²) >= 11 is 5.96. The molecule has 0 atom stereocenters. The first-order chi connectivity index (χ1) is 9.02. The van der Waals surface area contributed by atoms with E-state index in [-0.39, 0.29) is 4.90 Å². The molecule has 1 aliphatic rings. The van der Waals surface area contributed by atoms with E-state index in [0.29, 0.717) is 17.4 Å². The fourth-order valence-corrected chi connectivity index (χ4v) is 3.60. The van der Waals surface area contributed by atoms with Crippen LogP contribution < -0.4 is 0 Å². The summed E-state index contributed by atoms with van der Waals surface area (Å²) in [6, 6.07) is 5.71. The summed E-state index contributed by atoms with van der Waals surface area (Å²) in [5, 5.41) is 0. The van der Waals surface area contributed by atoms with Gasteiger partial charge in [-0.15, -0.1) is 11.6 Å². The highest BCUT2D eigenvalue weighted by Crippen LogP contribution is 2.37. The van der Waals surface area contributed by atoms with E-state index in [4.69, 9.17) is 11.6 Å². The van der Waals surface area contributed by atoms with Gasteiger partial charge in [-0.2, -0.15) is 0 Å². The van der Waals surface area contributed by atoms with Crippen LogP contribution in [0.25, 0.3) is 11.0 Å². The number of aromatic nitrogens is 2.